The van der Waals surface area contributed by atoms with Crippen LogP contribution in [-0.4, -0.2) is 30.8 Å². The van der Waals surface area contributed by atoms with Gasteiger partial charge in [-0.25, -0.2) is 13.4 Å². The first kappa shape index (κ1) is 15.7. The van der Waals surface area contributed by atoms with E-state index in [2.05, 4.69) is 4.98 Å². The fourth-order valence-corrected chi connectivity index (χ4v) is 5.69. The number of piperidine rings is 1. The summed E-state index contributed by atoms with van der Waals surface area (Å²) in [6.07, 6.45) is 2.97. The molecule has 2 heterocycles. The van der Waals surface area contributed by atoms with Gasteiger partial charge < -0.3 is 0 Å². The first-order chi connectivity index (χ1) is 11.7. The maximum atomic E-state index is 13.2. The summed E-state index contributed by atoms with van der Waals surface area (Å²) in [6.45, 7) is 1.22. The minimum Gasteiger partial charge on any atom is -0.244 e. The molecule has 124 valence electrons. The molecule has 4 rings (SSSR count). The van der Waals surface area contributed by atoms with E-state index in [0.29, 0.717) is 18.0 Å². The van der Waals surface area contributed by atoms with Crippen molar-refractivity contribution < 1.29 is 8.42 Å². The quantitative estimate of drug-likeness (QED) is 0.707. The molecule has 1 saturated heterocycles. The largest absolute Gasteiger partial charge is 0.244 e. The first-order valence-electron chi connectivity index (χ1n) is 8.10. The highest BCUT2D eigenvalue weighted by Gasteiger charge is 2.28. The van der Waals surface area contributed by atoms with Gasteiger partial charge in [0.1, 0.15) is 0 Å². The number of sulfonamides is 1. The minimum atomic E-state index is -3.48. The van der Waals surface area contributed by atoms with E-state index in [4.69, 9.17) is 0 Å². The predicted octanol–water partition coefficient (Wildman–Crippen LogP) is 4.14. The van der Waals surface area contributed by atoms with Crippen LogP contribution in [0.5, 0.6) is 0 Å². The Hall–Kier alpha value is -1.76. The number of para-hydroxylation sites is 1. The van der Waals surface area contributed by atoms with Gasteiger partial charge in [-0.1, -0.05) is 36.8 Å². The Morgan fingerprint density at radius 2 is 1.67 bits per heavy atom. The van der Waals surface area contributed by atoms with E-state index >= 15 is 0 Å². The van der Waals surface area contributed by atoms with Crippen LogP contribution in [-0.2, 0) is 10.0 Å². The van der Waals surface area contributed by atoms with Gasteiger partial charge in [0.15, 0.2) is 0 Å². The second kappa shape index (κ2) is 6.27. The third-order valence-electron chi connectivity index (χ3n) is 4.47. The highest BCUT2D eigenvalue weighted by molar-refractivity contribution is 7.89. The molecule has 0 aliphatic carbocycles. The van der Waals surface area contributed by atoms with Crippen LogP contribution < -0.4 is 0 Å². The molecule has 0 amide bonds. The van der Waals surface area contributed by atoms with Gasteiger partial charge in [-0.15, -0.1) is 11.3 Å². The number of hydrogen-bond acceptors (Lipinski definition) is 4. The van der Waals surface area contributed by atoms with Crippen molar-refractivity contribution in [2.75, 3.05) is 13.1 Å². The molecule has 0 atom stereocenters. The van der Waals surface area contributed by atoms with Crippen molar-refractivity contribution in [3.8, 4) is 11.1 Å². The van der Waals surface area contributed by atoms with Crippen LogP contribution in [0, 0.1) is 0 Å². The molecule has 3 aromatic rings. The van der Waals surface area contributed by atoms with Crippen LogP contribution in [0.25, 0.3) is 21.3 Å². The zero-order chi connectivity index (χ0) is 16.6. The molecule has 0 saturated carbocycles. The summed E-state index contributed by atoms with van der Waals surface area (Å²) < 4.78 is 29.0. The molecular weight excluding hydrogens is 340 g/mol. The van der Waals surface area contributed by atoms with Gasteiger partial charge in [0.05, 0.1) is 20.6 Å². The number of thiazole rings is 1. The molecule has 1 aromatic heterocycles. The smallest absolute Gasteiger partial charge is 0.243 e. The van der Waals surface area contributed by atoms with E-state index in [1.807, 2.05) is 30.3 Å². The zero-order valence-electron chi connectivity index (χ0n) is 13.2. The Morgan fingerprint density at radius 3 is 2.50 bits per heavy atom. The molecule has 1 fully saturated rings. The van der Waals surface area contributed by atoms with E-state index in [0.717, 1.165) is 40.6 Å². The monoisotopic (exact) mass is 358 g/mol. The summed E-state index contributed by atoms with van der Waals surface area (Å²) >= 11 is 1.57. The molecule has 0 N–H and O–H groups in total. The number of fused-ring (bicyclic) bond motifs is 1. The summed E-state index contributed by atoms with van der Waals surface area (Å²) in [5.41, 5.74) is 4.28. The van der Waals surface area contributed by atoms with Crippen LogP contribution in [0.2, 0.25) is 0 Å². The van der Waals surface area contributed by atoms with Gasteiger partial charge in [-0.3, -0.25) is 0 Å². The zero-order valence-corrected chi connectivity index (χ0v) is 14.8. The molecule has 0 unspecified atom stereocenters. The average molecular weight is 358 g/mol. The number of benzene rings is 2. The van der Waals surface area contributed by atoms with Crippen molar-refractivity contribution in [3.63, 3.8) is 0 Å². The summed E-state index contributed by atoms with van der Waals surface area (Å²) in [5, 5.41) is 0. The SMILES string of the molecule is O=S(=O)(c1ccccc1-c1cccc2scnc12)N1CCCCC1. The summed E-state index contributed by atoms with van der Waals surface area (Å²) in [5.74, 6) is 0. The summed E-state index contributed by atoms with van der Waals surface area (Å²) in [6, 6.07) is 13.2. The average Bonchev–Trinajstić information content (AvgIpc) is 3.11. The summed E-state index contributed by atoms with van der Waals surface area (Å²) in [7, 11) is -3.48. The van der Waals surface area contributed by atoms with Gasteiger partial charge in [-0.2, -0.15) is 4.31 Å². The van der Waals surface area contributed by atoms with Gasteiger partial charge in [0.2, 0.25) is 10.0 Å². The van der Waals surface area contributed by atoms with Crippen LogP contribution in [0.15, 0.2) is 52.9 Å². The lowest BCUT2D eigenvalue weighted by Crippen LogP contribution is -2.35. The lowest BCUT2D eigenvalue weighted by Gasteiger charge is -2.26. The van der Waals surface area contributed by atoms with Crippen LogP contribution >= 0.6 is 11.3 Å². The normalized spacial score (nSPS) is 16.5. The molecule has 4 nitrogen and oxygen atoms in total. The number of rotatable bonds is 3. The highest BCUT2D eigenvalue weighted by Crippen LogP contribution is 2.35. The van der Waals surface area contributed by atoms with E-state index in [9.17, 15) is 8.42 Å². The molecule has 0 spiro atoms. The third-order valence-corrected chi connectivity index (χ3v) is 7.22. The van der Waals surface area contributed by atoms with Crippen molar-refractivity contribution in [3.05, 3.63) is 48.0 Å². The topological polar surface area (TPSA) is 50.3 Å². The Kier molecular flexibility index (Phi) is 4.12. The van der Waals surface area contributed by atoms with Crippen molar-refractivity contribution in [2.24, 2.45) is 0 Å². The first-order valence-corrected chi connectivity index (χ1v) is 10.4. The lowest BCUT2D eigenvalue weighted by molar-refractivity contribution is 0.347. The van der Waals surface area contributed by atoms with E-state index in [1.54, 1.807) is 33.3 Å². The minimum absolute atomic E-state index is 0.382. The van der Waals surface area contributed by atoms with E-state index in [1.165, 1.54) is 0 Å². The van der Waals surface area contributed by atoms with Crippen molar-refractivity contribution >= 4 is 31.6 Å². The Bertz CT molecular complexity index is 973. The van der Waals surface area contributed by atoms with E-state index in [-0.39, 0.29) is 0 Å². The Labute approximate surface area is 145 Å². The molecule has 1 aliphatic rings. The maximum Gasteiger partial charge on any atom is 0.243 e. The van der Waals surface area contributed by atoms with Crippen molar-refractivity contribution in [1.29, 1.82) is 0 Å². The van der Waals surface area contributed by atoms with Gasteiger partial charge in [0, 0.05) is 24.2 Å². The Balaban J connectivity index is 1.88. The molecule has 0 radical (unpaired) electrons. The van der Waals surface area contributed by atoms with Crippen molar-refractivity contribution in [1.82, 2.24) is 9.29 Å². The van der Waals surface area contributed by atoms with Gasteiger partial charge in [-0.05, 0) is 25.0 Å². The molecule has 1 aliphatic heterocycles. The molecule has 6 heteroatoms. The standard InChI is InChI=1S/C18H18N2O2S2/c21-24(22,20-11-4-1-5-12-20)17-10-3-2-7-14(17)15-8-6-9-16-18(15)19-13-23-16/h2-3,6-10,13H,1,4-5,11-12H2. The van der Waals surface area contributed by atoms with E-state index < -0.39 is 10.0 Å². The van der Waals surface area contributed by atoms with Crippen LogP contribution in [0.4, 0.5) is 0 Å². The van der Waals surface area contributed by atoms with Crippen molar-refractivity contribution in [2.45, 2.75) is 24.2 Å². The van der Waals surface area contributed by atoms with Crippen LogP contribution in [0.1, 0.15) is 19.3 Å². The highest BCUT2D eigenvalue weighted by atomic mass is 32.2. The molecule has 0 bridgehead atoms. The molecule has 2 aromatic carbocycles. The molecule has 24 heavy (non-hydrogen) atoms. The fourth-order valence-electron chi connectivity index (χ4n) is 3.26. The fraction of sp³-hybridized carbons (Fsp3) is 0.278. The number of nitrogens with zero attached hydrogens (tertiary/aromatic N) is 2. The maximum absolute atomic E-state index is 13.2. The number of hydrogen-bond donors (Lipinski definition) is 0. The van der Waals surface area contributed by atoms with Crippen LogP contribution in [0.3, 0.4) is 0 Å². The van der Waals surface area contributed by atoms with Gasteiger partial charge >= 0.3 is 0 Å². The second-order valence-corrected chi connectivity index (χ2v) is 8.76. The number of aromatic nitrogens is 1. The summed E-state index contributed by atoms with van der Waals surface area (Å²) in [4.78, 5) is 4.82. The predicted molar refractivity (Wildman–Crippen MR) is 97.7 cm³/mol. The third kappa shape index (κ3) is 2.64. The second-order valence-electron chi connectivity index (χ2n) is 5.97. The molecular formula is C18H18N2O2S2. The Morgan fingerprint density at radius 1 is 0.917 bits per heavy atom. The lowest BCUT2D eigenvalue weighted by atomic mass is 10.0. The van der Waals surface area contributed by atoms with Gasteiger partial charge in [0.25, 0.3) is 0 Å².